The Morgan fingerprint density at radius 3 is 2.92 bits per heavy atom. The number of carbonyl (C=O) groups excluding carboxylic acids is 2. The van der Waals surface area contributed by atoms with E-state index in [1.54, 1.807) is 30.3 Å². The molecule has 6 nitrogen and oxygen atoms in total. The van der Waals surface area contributed by atoms with Crippen LogP contribution in [0.1, 0.15) is 12.2 Å². The van der Waals surface area contributed by atoms with Gasteiger partial charge in [-0.15, -0.1) is 0 Å². The number of nitrogens with zero attached hydrogens (tertiary/aromatic N) is 2. The van der Waals surface area contributed by atoms with Crippen molar-refractivity contribution < 1.29 is 23.1 Å². The van der Waals surface area contributed by atoms with E-state index in [1.807, 2.05) is 0 Å². The molecular weight excluding hydrogens is 327 g/mol. The van der Waals surface area contributed by atoms with E-state index < -0.39 is 11.7 Å². The first-order valence-electron chi connectivity index (χ1n) is 7.91. The molecule has 0 N–H and O–H groups in total. The average molecular weight is 346 g/mol. The van der Waals surface area contributed by atoms with Crippen molar-refractivity contribution in [3.05, 3.63) is 48.2 Å². The van der Waals surface area contributed by atoms with Gasteiger partial charge in [-0.3, -0.25) is 9.59 Å². The van der Waals surface area contributed by atoms with Crippen molar-refractivity contribution in [3.63, 3.8) is 0 Å². The standard InChI is InChI=1S/C18H19FN2O4/c1-20(15-6-5-13(19)9-16(15)24-2)18(23)12-8-17(22)21(10-12)11-14-4-3-7-25-14/h3-7,9,12H,8,10-11H2,1-2H3/t12-/m0/s1. The molecule has 0 aliphatic carbocycles. The highest BCUT2D eigenvalue weighted by Crippen LogP contribution is 2.31. The molecule has 0 bridgehead atoms. The number of rotatable bonds is 5. The summed E-state index contributed by atoms with van der Waals surface area (Å²) in [6.07, 6.45) is 1.69. The molecule has 1 aliphatic heterocycles. The Kier molecular flexibility index (Phi) is 4.74. The monoisotopic (exact) mass is 346 g/mol. The SMILES string of the molecule is COc1cc(F)ccc1N(C)C(=O)[C@H]1CC(=O)N(Cc2ccco2)C1. The number of hydrogen-bond donors (Lipinski definition) is 0. The van der Waals surface area contributed by atoms with Gasteiger partial charge < -0.3 is 19.0 Å². The topological polar surface area (TPSA) is 63.0 Å². The average Bonchev–Trinajstić information content (AvgIpc) is 3.24. The molecule has 3 rings (SSSR count). The van der Waals surface area contributed by atoms with Gasteiger partial charge in [0.1, 0.15) is 17.3 Å². The highest BCUT2D eigenvalue weighted by molar-refractivity contribution is 5.99. The van der Waals surface area contributed by atoms with Crippen molar-refractivity contribution in [1.82, 2.24) is 4.90 Å². The Balaban J connectivity index is 1.72. The molecular formula is C18H19FN2O4. The number of carbonyl (C=O) groups is 2. The largest absolute Gasteiger partial charge is 0.494 e. The van der Waals surface area contributed by atoms with Gasteiger partial charge in [0.25, 0.3) is 0 Å². The first kappa shape index (κ1) is 17.0. The Bertz CT molecular complexity index is 775. The second-order valence-corrected chi connectivity index (χ2v) is 5.97. The predicted octanol–water partition coefficient (Wildman–Crippen LogP) is 2.44. The van der Waals surface area contributed by atoms with E-state index in [9.17, 15) is 14.0 Å². The van der Waals surface area contributed by atoms with Gasteiger partial charge in [-0.05, 0) is 24.3 Å². The molecule has 1 aromatic carbocycles. The number of likely N-dealkylation sites (tertiary alicyclic amines) is 1. The summed E-state index contributed by atoms with van der Waals surface area (Å²) >= 11 is 0. The number of furan rings is 1. The third-order valence-corrected chi connectivity index (χ3v) is 4.32. The van der Waals surface area contributed by atoms with Crippen molar-refractivity contribution in [1.29, 1.82) is 0 Å². The van der Waals surface area contributed by atoms with Crippen LogP contribution < -0.4 is 9.64 Å². The second kappa shape index (κ2) is 6.96. The van der Waals surface area contributed by atoms with E-state index in [2.05, 4.69) is 0 Å². The molecule has 25 heavy (non-hydrogen) atoms. The zero-order valence-corrected chi connectivity index (χ0v) is 14.1. The van der Waals surface area contributed by atoms with Crippen molar-refractivity contribution in [3.8, 4) is 5.75 Å². The smallest absolute Gasteiger partial charge is 0.232 e. The van der Waals surface area contributed by atoms with Crippen LogP contribution in [0.5, 0.6) is 5.75 Å². The van der Waals surface area contributed by atoms with Crippen LogP contribution in [-0.2, 0) is 16.1 Å². The zero-order valence-electron chi connectivity index (χ0n) is 14.1. The van der Waals surface area contributed by atoms with E-state index in [1.165, 1.54) is 30.2 Å². The molecule has 2 aromatic rings. The van der Waals surface area contributed by atoms with Gasteiger partial charge in [-0.1, -0.05) is 0 Å². The minimum absolute atomic E-state index is 0.0887. The van der Waals surface area contributed by atoms with Gasteiger partial charge in [0.05, 0.1) is 31.5 Å². The number of hydrogen-bond acceptors (Lipinski definition) is 4. The van der Waals surface area contributed by atoms with E-state index in [0.29, 0.717) is 24.5 Å². The van der Waals surface area contributed by atoms with Crippen LogP contribution in [0.15, 0.2) is 41.0 Å². The maximum Gasteiger partial charge on any atom is 0.232 e. The van der Waals surface area contributed by atoms with Crippen LogP contribution >= 0.6 is 0 Å². The molecule has 0 spiro atoms. The minimum Gasteiger partial charge on any atom is -0.494 e. The van der Waals surface area contributed by atoms with Crippen LogP contribution in [0.25, 0.3) is 0 Å². The first-order valence-corrected chi connectivity index (χ1v) is 7.91. The molecule has 2 heterocycles. The lowest BCUT2D eigenvalue weighted by Crippen LogP contribution is -2.34. The fourth-order valence-electron chi connectivity index (χ4n) is 3.00. The van der Waals surface area contributed by atoms with Crippen molar-refractivity contribution in [2.45, 2.75) is 13.0 Å². The Hall–Kier alpha value is -2.83. The van der Waals surface area contributed by atoms with E-state index >= 15 is 0 Å². The molecule has 0 saturated carbocycles. The Morgan fingerprint density at radius 1 is 1.44 bits per heavy atom. The number of amides is 2. The molecule has 0 radical (unpaired) electrons. The maximum atomic E-state index is 13.3. The number of methoxy groups -OCH3 is 1. The highest BCUT2D eigenvalue weighted by atomic mass is 19.1. The van der Waals surface area contributed by atoms with Crippen molar-refractivity contribution in [2.24, 2.45) is 5.92 Å². The summed E-state index contributed by atoms with van der Waals surface area (Å²) < 4.78 is 23.7. The fourth-order valence-corrected chi connectivity index (χ4v) is 3.00. The molecule has 2 amide bonds. The summed E-state index contributed by atoms with van der Waals surface area (Å²) in [6.45, 7) is 0.672. The normalized spacial score (nSPS) is 17.0. The number of ether oxygens (including phenoxy) is 1. The van der Waals surface area contributed by atoms with Gasteiger partial charge in [0.2, 0.25) is 11.8 Å². The van der Waals surface area contributed by atoms with E-state index in [-0.39, 0.29) is 24.0 Å². The Morgan fingerprint density at radius 2 is 2.24 bits per heavy atom. The van der Waals surface area contributed by atoms with Gasteiger partial charge in [-0.25, -0.2) is 4.39 Å². The minimum atomic E-state index is -0.456. The number of benzene rings is 1. The summed E-state index contributed by atoms with van der Waals surface area (Å²) in [5.41, 5.74) is 0.464. The lowest BCUT2D eigenvalue weighted by Gasteiger charge is -2.23. The third-order valence-electron chi connectivity index (χ3n) is 4.32. The molecule has 7 heteroatoms. The first-order chi connectivity index (χ1) is 12.0. The van der Waals surface area contributed by atoms with E-state index in [0.717, 1.165) is 0 Å². The van der Waals surface area contributed by atoms with Gasteiger partial charge in [0, 0.05) is 26.1 Å². The Labute approximate surface area is 144 Å². The molecule has 1 fully saturated rings. The third kappa shape index (κ3) is 3.50. The van der Waals surface area contributed by atoms with E-state index in [4.69, 9.17) is 9.15 Å². The van der Waals surface area contributed by atoms with Crippen molar-refractivity contribution in [2.75, 3.05) is 25.6 Å². The molecule has 0 unspecified atom stereocenters. The number of anilines is 1. The molecule has 1 atom stereocenters. The molecule has 1 saturated heterocycles. The lowest BCUT2D eigenvalue weighted by molar-refractivity contribution is -0.129. The van der Waals surface area contributed by atoms with Gasteiger partial charge >= 0.3 is 0 Å². The van der Waals surface area contributed by atoms with Crippen LogP contribution in [0.4, 0.5) is 10.1 Å². The zero-order chi connectivity index (χ0) is 18.0. The summed E-state index contributed by atoms with van der Waals surface area (Å²) in [6, 6.07) is 7.53. The number of halogens is 1. The summed E-state index contributed by atoms with van der Waals surface area (Å²) in [7, 11) is 3.01. The van der Waals surface area contributed by atoms with Crippen LogP contribution in [0.2, 0.25) is 0 Å². The highest BCUT2D eigenvalue weighted by Gasteiger charge is 2.36. The summed E-state index contributed by atoms with van der Waals surface area (Å²) in [5, 5.41) is 0. The molecule has 1 aliphatic rings. The summed E-state index contributed by atoms with van der Waals surface area (Å²) in [4.78, 5) is 28.0. The second-order valence-electron chi connectivity index (χ2n) is 5.97. The summed E-state index contributed by atoms with van der Waals surface area (Å²) in [5.74, 6) is -0.249. The fraction of sp³-hybridized carbons (Fsp3) is 0.333. The van der Waals surface area contributed by atoms with Crippen LogP contribution in [0, 0.1) is 11.7 Å². The quantitative estimate of drug-likeness (QED) is 0.834. The molecule has 132 valence electrons. The van der Waals surface area contributed by atoms with Gasteiger partial charge in [0.15, 0.2) is 0 Å². The lowest BCUT2D eigenvalue weighted by atomic mass is 10.1. The van der Waals surface area contributed by atoms with Gasteiger partial charge in [-0.2, -0.15) is 0 Å². The predicted molar refractivity (Wildman–Crippen MR) is 88.6 cm³/mol. The maximum absolute atomic E-state index is 13.3. The van der Waals surface area contributed by atoms with Crippen LogP contribution in [0.3, 0.4) is 0 Å². The van der Waals surface area contributed by atoms with Crippen molar-refractivity contribution >= 4 is 17.5 Å². The molecule has 1 aromatic heterocycles. The van der Waals surface area contributed by atoms with Crippen LogP contribution in [-0.4, -0.2) is 37.4 Å².